The second-order valence-corrected chi connectivity index (χ2v) is 5.81. The van der Waals surface area contributed by atoms with Gasteiger partial charge in [0.15, 0.2) is 35.5 Å². The van der Waals surface area contributed by atoms with Gasteiger partial charge in [0, 0.05) is 4.47 Å². The van der Waals surface area contributed by atoms with Crippen LogP contribution in [0.1, 0.15) is 5.56 Å². The molecule has 0 saturated heterocycles. The van der Waals surface area contributed by atoms with E-state index in [0.717, 1.165) is 12.1 Å². The third-order valence-corrected chi connectivity index (χ3v) is 3.58. The van der Waals surface area contributed by atoms with Crippen LogP contribution in [0.3, 0.4) is 0 Å². The van der Waals surface area contributed by atoms with Gasteiger partial charge in [-0.05, 0) is 35.9 Å². The zero-order valence-corrected chi connectivity index (χ0v) is 15.5. The normalized spacial score (nSPS) is 10.7. The SMILES string of the molecule is COc1ccc(C=NNC(=O)COc2c(F)cc(Br)cc2F)cc1OC. The molecule has 9 heteroatoms. The van der Waals surface area contributed by atoms with Crippen LogP contribution in [0, 0.1) is 11.6 Å². The van der Waals surface area contributed by atoms with Crippen molar-refractivity contribution >= 4 is 28.1 Å². The fourth-order valence-electron chi connectivity index (χ4n) is 1.95. The minimum atomic E-state index is -0.918. The first-order valence-electron chi connectivity index (χ1n) is 7.26. The number of amides is 1. The standard InChI is InChI=1S/C17H15BrF2N2O4/c1-24-14-4-3-10(5-15(14)25-2)8-21-22-16(23)9-26-17-12(19)6-11(18)7-13(17)20/h3-8H,9H2,1-2H3,(H,22,23). The minimum Gasteiger partial charge on any atom is -0.493 e. The molecule has 0 atom stereocenters. The number of methoxy groups -OCH3 is 2. The average Bonchev–Trinajstić information content (AvgIpc) is 2.60. The quantitative estimate of drug-likeness (QED) is 0.542. The van der Waals surface area contributed by atoms with E-state index in [9.17, 15) is 13.6 Å². The maximum atomic E-state index is 13.6. The Morgan fingerprint density at radius 1 is 1.15 bits per heavy atom. The predicted octanol–water partition coefficient (Wildman–Crippen LogP) is 3.27. The Hall–Kier alpha value is -2.68. The van der Waals surface area contributed by atoms with Crippen LogP contribution < -0.4 is 19.6 Å². The first kappa shape index (κ1) is 19.6. The highest BCUT2D eigenvalue weighted by atomic mass is 79.9. The molecular weight excluding hydrogens is 414 g/mol. The zero-order valence-electron chi connectivity index (χ0n) is 13.9. The third kappa shape index (κ3) is 5.16. The van der Waals surface area contributed by atoms with E-state index in [2.05, 4.69) is 26.5 Å². The van der Waals surface area contributed by atoms with Gasteiger partial charge in [-0.1, -0.05) is 15.9 Å². The molecule has 0 aliphatic carbocycles. The summed E-state index contributed by atoms with van der Waals surface area (Å²) in [5.74, 6) is -2.08. The topological polar surface area (TPSA) is 69.2 Å². The van der Waals surface area contributed by atoms with Crippen LogP contribution in [0.15, 0.2) is 39.9 Å². The monoisotopic (exact) mass is 428 g/mol. The Morgan fingerprint density at radius 2 is 1.81 bits per heavy atom. The molecule has 26 heavy (non-hydrogen) atoms. The highest BCUT2D eigenvalue weighted by molar-refractivity contribution is 9.10. The number of carbonyl (C=O) groups is 1. The van der Waals surface area contributed by atoms with Gasteiger partial charge in [0.25, 0.3) is 5.91 Å². The lowest BCUT2D eigenvalue weighted by atomic mass is 10.2. The van der Waals surface area contributed by atoms with Crippen LogP contribution in [0.4, 0.5) is 8.78 Å². The molecule has 0 heterocycles. The Kier molecular flexibility index (Phi) is 6.90. The van der Waals surface area contributed by atoms with Crippen LogP contribution in [-0.2, 0) is 4.79 Å². The van der Waals surface area contributed by atoms with Crippen molar-refractivity contribution in [2.75, 3.05) is 20.8 Å². The van der Waals surface area contributed by atoms with E-state index in [0.29, 0.717) is 17.1 Å². The maximum Gasteiger partial charge on any atom is 0.277 e. The van der Waals surface area contributed by atoms with Crippen molar-refractivity contribution < 1.29 is 27.8 Å². The number of ether oxygens (including phenoxy) is 3. The number of hydrogen-bond acceptors (Lipinski definition) is 5. The van der Waals surface area contributed by atoms with Gasteiger partial charge in [-0.3, -0.25) is 4.79 Å². The number of carbonyl (C=O) groups excluding carboxylic acids is 1. The van der Waals surface area contributed by atoms with Crippen LogP contribution in [0.25, 0.3) is 0 Å². The van der Waals surface area contributed by atoms with E-state index < -0.39 is 29.9 Å². The summed E-state index contributed by atoms with van der Waals surface area (Å²) in [5, 5.41) is 3.75. The van der Waals surface area contributed by atoms with Gasteiger partial charge >= 0.3 is 0 Å². The first-order valence-corrected chi connectivity index (χ1v) is 8.05. The van der Waals surface area contributed by atoms with Gasteiger partial charge in [-0.15, -0.1) is 0 Å². The predicted molar refractivity (Wildman–Crippen MR) is 94.8 cm³/mol. The average molecular weight is 429 g/mol. The van der Waals surface area contributed by atoms with E-state index >= 15 is 0 Å². The van der Waals surface area contributed by atoms with Crippen molar-refractivity contribution in [2.24, 2.45) is 5.10 Å². The highest BCUT2D eigenvalue weighted by Gasteiger charge is 2.13. The highest BCUT2D eigenvalue weighted by Crippen LogP contribution is 2.27. The second kappa shape index (κ2) is 9.14. The molecule has 2 rings (SSSR count). The van der Waals surface area contributed by atoms with Gasteiger partial charge in [0.2, 0.25) is 0 Å². The van der Waals surface area contributed by atoms with Gasteiger partial charge < -0.3 is 14.2 Å². The molecule has 0 radical (unpaired) electrons. The van der Waals surface area contributed by atoms with E-state index in [-0.39, 0.29) is 4.47 Å². The summed E-state index contributed by atoms with van der Waals surface area (Å²) in [4.78, 5) is 11.7. The fraction of sp³-hybridized carbons (Fsp3) is 0.176. The van der Waals surface area contributed by atoms with Gasteiger partial charge in [-0.25, -0.2) is 14.2 Å². The molecule has 2 aromatic rings. The zero-order chi connectivity index (χ0) is 19.1. The van der Waals surface area contributed by atoms with Gasteiger partial charge in [0.05, 0.1) is 20.4 Å². The molecule has 0 aliphatic rings. The van der Waals surface area contributed by atoms with Crippen LogP contribution in [-0.4, -0.2) is 32.9 Å². The summed E-state index contributed by atoms with van der Waals surface area (Å²) >= 11 is 2.95. The number of benzene rings is 2. The van der Waals surface area contributed by atoms with E-state index in [1.165, 1.54) is 20.4 Å². The Balaban J connectivity index is 1.92. The Bertz CT molecular complexity index is 807. The lowest BCUT2D eigenvalue weighted by Crippen LogP contribution is -2.25. The molecule has 6 nitrogen and oxygen atoms in total. The number of nitrogens with one attached hydrogen (secondary N) is 1. The van der Waals surface area contributed by atoms with Crippen molar-refractivity contribution in [2.45, 2.75) is 0 Å². The van der Waals surface area contributed by atoms with E-state index in [1.807, 2.05) is 0 Å². The molecule has 0 saturated carbocycles. The lowest BCUT2D eigenvalue weighted by Gasteiger charge is -2.08. The molecule has 138 valence electrons. The molecule has 2 aromatic carbocycles. The maximum absolute atomic E-state index is 13.6. The van der Waals surface area contributed by atoms with Crippen LogP contribution in [0.2, 0.25) is 0 Å². The van der Waals surface area contributed by atoms with E-state index in [1.54, 1.807) is 18.2 Å². The Morgan fingerprint density at radius 3 is 2.42 bits per heavy atom. The summed E-state index contributed by atoms with van der Waals surface area (Å²) in [5.41, 5.74) is 2.84. The summed E-state index contributed by atoms with van der Waals surface area (Å²) in [7, 11) is 3.02. The molecule has 0 spiro atoms. The molecule has 1 amide bonds. The van der Waals surface area contributed by atoms with Crippen molar-refractivity contribution in [3.8, 4) is 17.2 Å². The smallest absolute Gasteiger partial charge is 0.277 e. The number of rotatable bonds is 7. The van der Waals surface area contributed by atoms with Crippen LogP contribution >= 0.6 is 15.9 Å². The molecule has 0 aliphatic heterocycles. The number of halogens is 3. The molecule has 0 bridgehead atoms. The number of hydrogen-bond donors (Lipinski definition) is 1. The summed E-state index contributed by atoms with van der Waals surface area (Å²) in [6.07, 6.45) is 1.38. The number of nitrogens with zero attached hydrogens (tertiary/aromatic N) is 1. The number of hydrazone groups is 1. The molecule has 0 aromatic heterocycles. The lowest BCUT2D eigenvalue weighted by molar-refractivity contribution is -0.123. The molecular formula is C17H15BrF2N2O4. The summed E-state index contributed by atoms with van der Waals surface area (Å²) in [6, 6.07) is 7.12. The van der Waals surface area contributed by atoms with E-state index in [4.69, 9.17) is 14.2 Å². The molecule has 0 unspecified atom stereocenters. The first-order chi connectivity index (χ1) is 12.4. The fourth-order valence-corrected chi connectivity index (χ4v) is 2.35. The summed E-state index contributed by atoms with van der Waals surface area (Å²) < 4.78 is 42.5. The van der Waals surface area contributed by atoms with Crippen molar-refractivity contribution in [3.05, 3.63) is 52.0 Å². The van der Waals surface area contributed by atoms with Crippen LogP contribution in [0.5, 0.6) is 17.2 Å². The second-order valence-electron chi connectivity index (χ2n) is 4.89. The third-order valence-electron chi connectivity index (χ3n) is 3.12. The largest absolute Gasteiger partial charge is 0.493 e. The van der Waals surface area contributed by atoms with Crippen molar-refractivity contribution in [1.29, 1.82) is 0 Å². The summed E-state index contributed by atoms with van der Waals surface area (Å²) in [6.45, 7) is -0.598. The van der Waals surface area contributed by atoms with Gasteiger partial charge in [0.1, 0.15) is 0 Å². The molecule has 0 fully saturated rings. The minimum absolute atomic E-state index is 0.226. The molecule has 1 N–H and O–H groups in total. The van der Waals surface area contributed by atoms with Gasteiger partial charge in [-0.2, -0.15) is 5.10 Å². The van der Waals surface area contributed by atoms with Crippen molar-refractivity contribution in [3.63, 3.8) is 0 Å². The Labute approximate surface area is 156 Å². The van der Waals surface area contributed by atoms with Crippen molar-refractivity contribution in [1.82, 2.24) is 5.43 Å².